The lowest BCUT2D eigenvalue weighted by molar-refractivity contribution is -0.384. The average Bonchev–Trinajstić information content (AvgIpc) is 2.82. The maximum atomic E-state index is 12.5. The van der Waals surface area contributed by atoms with Crippen molar-refractivity contribution < 1.29 is 19.2 Å². The highest BCUT2D eigenvalue weighted by Gasteiger charge is 2.11. The Kier molecular flexibility index (Phi) is 7.99. The van der Waals surface area contributed by atoms with Crippen LogP contribution in [-0.2, 0) is 11.4 Å². The number of anilines is 1. The highest BCUT2D eigenvalue weighted by Crippen LogP contribution is 2.25. The van der Waals surface area contributed by atoms with Crippen molar-refractivity contribution >= 4 is 45.9 Å². The van der Waals surface area contributed by atoms with E-state index in [1.165, 1.54) is 18.2 Å². The summed E-state index contributed by atoms with van der Waals surface area (Å²) in [6.45, 7) is 0.247. The van der Waals surface area contributed by atoms with Crippen LogP contribution in [0.1, 0.15) is 11.1 Å². The predicted octanol–water partition coefficient (Wildman–Crippen LogP) is 5.33. The number of hydrogen-bond acceptors (Lipinski definition) is 6. The van der Waals surface area contributed by atoms with E-state index in [0.29, 0.717) is 22.7 Å². The number of carbonyl (C=O) groups excluding carboxylic acids is 1. The van der Waals surface area contributed by atoms with Gasteiger partial charge in [-0.05, 0) is 88.3 Å². The summed E-state index contributed by atoms with van der Waals surface area (Å²) in [6, 6.07) is 20.1. The van der Waals surface area contributed by atoms with E-state index in [1.54, 1.807) is 61.7 Å². The van der Waals surface area contributed by atoms with Crippen molar-refractivity contribution in [1.29, 1.82) is 5.26 Å². The minimum atomic E-state index is -0.517. The third-order valence-electron chi connectivity index (χ3n) is 4.52. The molecule has 1 amide bonds. The molecule has 8 nitrogen and oxygen atoms in total. The van der Waals surface area contributed by atoms with Gasteiger partial charge < -0.3 is 14.8 Å². The van der Waals surface area contributed by atoms with Crippen molar-refractivity contribution in [3.05, 3.63) is 97.1 Å². The molecule has 0 bridgehead atoms. The first kappa shape index (κ1) is 23.7. The fourth-order valence-corrected chi connectivity index (χ4v) is 3.48. The maximum absolute atomic E-state index is 12.5. The van der Waals surface area contributed by atoms with Gasteiger partial charge in [0.15, 0.2) is 0 Å². The number of nitro benzene ring substituents is 1. The first-order valence-electron chi connectivity index (χ1n) is 9.62. The number of hydrogen-bond donors (Lipinski definition) is 1. The number of methoxy groups -OCH3 is 1. The molecular weight excluding hydrogens is 537 g/mol. The van der Waals surface area contributed by atoms with Crippen LogP contribution >= 0.6 is 22.6 Å². The Balaban J connectivity index is 1.67. The first-order chi connectivity index (χ1) is 15.9. The van der Waals surface area contributed by atoms with E-state index < -0.39 is 10.8 Å². The van der Waals surface area contributed by atoms with E-state index in [2.05, 4.69) is 27.9 Å². The topological polar surface area (TPSA) is 114 Å². The third-order valence-corrected chi connectivity index (χ3v) is 5.36. The number of non-ortho nitro benzene ring substituents is 1. The molecule has 0 radical (unpaired) electrons. The SMILES string of the molecule is COc1ccc(NC(=O)/C(C#N)=C\c2ccc(OCc3ccc([N+](=O)[O-])cc3)c(I)c2)cc1. The molecule has 0 fully saturated rings. The lowest BCUT2D eigenvalue weighted by Gasteiger charge is -2.09. The third kappa shape index (κ3) is 6.54. The number of amides is 1. The molecule has 3 aromatic rings. The molecule has 0 spiro atoms. The number of nitriles is 1. The fourth-order valence-electron chi connectivity index (χ4n) is 2.79. The minimum Gasteiger partial charge on any atom is -0.497 e. The molecule has 0 atom stereocenters. The quantitative estimate of drug-likeness (QED) is 0.132. The Labute approximate surface area is 203 Å². The van der Waals surface area contributed by atoms with Gasteiger partial charge >= 0.3 is 0 Å². The molecule has 0 unspecified atom stereocenters. The molecule has 9 heteroatoms. The van der Waals surface area contributed by atoms with Crippen LogP contribution in [-0.4, -0.2) is 17.9 Å². The summed E-state index contributed by atoms with van der Waals surface area (Å²) in [7, 11) is 1.55. The normalized spacial score (nSPS) is 10.8. The number of nitrogens with zero attached hydrogens (tertiary/aromatic N) is 2. The lowest BCUT2D eigenvalue weighted by Crippen LogP contribution is -2.13. The van der Waals surface area contributed by atoms with E-state index in [9.17, 15) is 20.2 Å². The summed E-state index contributed by atoms with van der Waals surface area (Å²) in [5.74, 6) is 0.762. The standard InChI is InChI=1S/C24H18IN3O5/c1-32-21-9-5-19(6-10-21)27-24(29)18(14-26)12-17-4-11-23(22(25)13-17)33-15-16-2-7-20(8-3-16)28(30)31/h2-13H,15H2,1H3,(H,27,29)/b18-12-. The molecule has 3 rings (SSSR count). The van der Waals surface area contributed by atoms with Crippen LogP contribution in [0.15, 0.2) is 72.3 Å². The van der Waals surface area contributed by atoms with Gasteiger partial charge in [-0.15, -0.1) is 0 Å². The van der Waals surface area contributed by atoms with Crippen LogP contribution in [0, 0.1) is 25.0 Å². The van der Waals surface area contributed by atoms with Crippen molar-refractivity contribution in [3.8, 4) is 17.6 Å². The van der Waals surface area contributed by atoms with E-state index in [4.69, 9.17) is 9.47 Å². The minimum absolute atomic E-state index is 0.0220. The predicted molar refractivity (Wildman–Crippen MR) is 132 cm³/mol. The monoisotopic (exact) mass is 555 g/mol. The highest BCUT2D eigenvalue weighted by molar-refractivity contribution is 14.1. The van der Waals surface area contributed by atoms with Gasteiger partial charge in [-0.2, -0.15) is 5.26 Å². The zero-order chi connectivity index (χ0) is 23.8. The molecule has 0 aliphatic rings. The van der Waals surface area contributed by atoms with Crippen LogP contribution in [0.2, 0.25) is 0 Å². The summed E-state index contributed by atoms with van der Waals surface area (Å²) in [5.41, 5.74) is 1.99. The van der Waals surface area contributed by atoms with Crippen LogP contribution < -0.4 is 14.8 Å². The number of nitrogens with one attached hydrogen (secondary N) is 1. The van der Waals surface area contributed by atoms with Gasteiger partial charge in [0, 0.05) is 17.8 Å². The molecule has 0 saturated carbocycles. The van der Waals surface area contributed by atoms with Crippen LogP contribution in [0.25, 0.3) is 6.08 Å². The van der Waals surface area contributed by atoms with Gasteiger partial charge in [0.1, 0.15) is 29.7 Å². The van der Waals surface area contributed by atoms with Crippen molar-refractivity contribution in [3.63, 3.8) is 0 Å². The van der Waals surface area contributed by atoms with Crippen molar-refractivity contribution in [2.45, 2.75) is 6.61 Å². The number of ether oxygens (including phenoxy) is 2. The van der Waals surface area contributed by atoms with Crippen molar-refractivity contribution in [2.75, 3.05) is 12.4 Å². The zero-order valence-electron chi connectivity index (χ0n) is 17.4. The van der Waals surface area contributed by atoms with Gasteiger partial charge in [0.05, 0.1) is 15.6 Å². The Morgan fingerprint density at radius 3 is 2.42 bits per heavy atom. The Morgan fingerprint density at radius 2 is 1.85 bits per heavy atom. The van der Waals surface area contributed by atoms with E-state index in [0.717, 1.165) is 9.13 Å². The molecule has 0 saturated heterocycles. The molecule has 33 heavy (non-hydrogen) atoms. The summed E-state index contributed by atoms with van der Waals surface area (Å²) >= 11 is 2.11. The van der Waals surface area contributed by atoms with Gasteiger partial charge in [-0.1, -0.05) is 6.07 Å². The molecular formula is C24H18IN3O5. The Hall–Kier alpha value is -3.91. The number of rotatable bonds is 8. The summed E-state index contributed by atoms with van der Waals surface area (Å²) in [4.78, 5) is 22.8. The van der Waals surface area contributed by atoms with Crippen molar-refractivity contribution in [1.82, 2.24) is 0 Å². The molecule has 0 aliphatic carbocycles. The van der Waals surface area contributed by atoms with E-state index >= 15 is 0 Å². The molecule has 0 aromatic heterocycles. The Morgan fingerprint density at radius 1 is 1.15 bits per heavy atom. The van der Waals surface area contributed by atoms with Crippen LogP contribution in [0.5, 0.6) is 11.5 Å². The molecule has 3 aromatic carbocycles. The fraction of sp³-hybridized carbons (Fsp3) is 0.0833. The van der Waals surface area contributed by atoms with Crippen LogP contribution in [0.3, 0.4) is 0 Å². The van der Waals surface area contributed by atoms with Gasteiger partial charge in [-0.3, -0.25) is 14.9 Å². The summed E-state index contributed by atoms with van der Waals surface area (Å²) < 4.78 is 11.7. The van der Waals surface area contributed by atoms with Gasteiger partial charge in [0.25, 0.3) is 11.6 Å². The van der Waals surface area contributed by atoms with Crippen LogP contribution in [0.4, 0.5) is 11.4 Å². The second kappa shape index (κ2) is 11.1. The number of halogens is 1. The second-order valence-corrected chi connectivity index (χ2v) is 7.92. The number of carbonyl (C=O) groups is 1. The second-order valence-electron chi connectivity index (χ2n) is 6.75. The molecule has 166 valence electrons. The summed E-state index contributed by atoms with van der Waals surface area (Å²) in [5, 5.41) is 22.9. The van der Waals surface area contributed by atoms with Crippen molar-refractivity contribution in [2.24, 2.45) is 0 Å². The molecule has 0 heterocycles. The molecule has 0 aliphatic heterocycles. The van der Waals surface area contributed by atoms with Gasteiger partial charge in [-0.25, -0.2) is 0 Å². The summed E-state index contributed by atoms with van der Waals surface area (Å²) in [6.07, 6.45) is 1.50. The largest absolute Gasteiger partial charge is 0.497 e. The number of benzene rings is 3. The zero-order valence-corrected chi connectivity index (χ0v) is 19.6. The van der Waals surface area contributed by atoms with E-state index in [1.807, 2.05) is 6.07 Å². The number of nitro groups is 1. The average molecular weight is 555 g/mol. The lowest BCUT2D eigenvalue weighted by atomic mass is 10.1. The maximum Gasteiger partial charge on any atom is 0.269 e. The Bertz CT molecular complexity index is 1230. The first-order valence-corrected chi connectivity index (χ1v) is 10.7. The van der Waals surface area contributed by atoms with Gasteiger partial charge in [0.2, 0.25) is 0 Å². The van der Waals surface area contributed by atoms with E-state index in [-0.39, 0.29) is 17.9 Å². The highest BCUT2D eigenvalue weighted by atomic mass is 127. The molecule has 1 N–H and O–H groups in total. The smallest absolute Gasteiger partial charge is 0.269 e.